The largest absolute Gasteiger partial charge is 0.310 e. The SMILES string of the molecule is CCN1CCN(C2CCCNC2(C)C)CC1. The van der Waals surface area contributed by atoms with Gasteiger partial charge in [0.25, 0.3) is 0 Å². The lowest BCUT2D eigenvalue weighted by molar-refractivity contribution is 0.0403. The zero-order valence-electron chi connectivity index (χ0n) is 11.1. The first kappa shape index (κ1) is 12.3. The van der Waals surface area contributed by atoms with Crippen molar-refractivity contribution in [2.24, 2.45) is 0 Å². The zero-order valence-corrected chi connectivity index (χ0v) is 11.1. The Morgan fingerprint density at radius 1 is 1.19 bits per heavy atom. The Hall–Kier alpha value is -0.120. The maximum Gasteiger partial charge on any atom is 0.0280 e. The van der Waals surface area contributed by atoms with E-state index in [2.05, 4.69) is 35.9 Å². The third-order valence-corrected chi connectivity index (χ3v) is 4.36. The van der Waals surface area contributed by atoms with Crippen LogP contribution in [0.4, 0.5) is 0 Å². The summed E-state index contributed by atoms with van der Waals surface area (Å²) in [6, 6.07) is 0.736. The van der Waals surface area contributed by atoms with Crippen LogP contribution in [0.15, 0.2) is 0 Å². The molecule has 2 aliphatic heterocycles. The first-order chi connectivity index (χ1) is 7.63. The molecular formula is C13H27N3. The molecule has 0 saturated carbocycles. The molecule has 2 saturated heterocycles. The normalized spacial score (nSPS) is 32.8. The van der Waals surface area contributed by atoms with E-state index in [9.17, 15) is 0 Å². The van der Waals surface area contributed by atoms with E-state index in [-0.39, 0.29) is 0 Å². The summed E-state index contributed by atoms with van der Waals surface area (Å²) in [5.41, 5.74) is 0.298. The molecule has 16 heavy (non-hydrogen) atoms. The second-order valence-electron chi connectivity index (χ2n) is 5.78. The Morgan fingerprint density at radius 2 is 1.88 bits per heavy atom. The number of likely N-dealkylation sites (N-methyl/N-ethyl adjacent to an activating group) is 1. The van der Waals surface area contributed by atoms with Gasteiger partial charge in [-0.2, -0.15) is 0 Å². The van der Waals surface area contributed by atoms with Gasteiger partial charge in [0.05, 0.1) is 0 Å². The number of rotatable bonds is 2. The predicted octanol–water partition coefficient (Wildman–Crippen LogP) is 1.15. The number of nitrogens with one attached hydrogen (secondary N) is 1. The molecule has 0 aromatic carbocycles. The summed E-state index contributed by atoms with van der Waals surface area (Å²) in [5.74, 6) is 0. The monoisotopic (exact) mass is 225 g/mol. The zero-order chi connectivity index (χ0) is 11.6. The molecule has 2 heterocycles. The molecule has 1 N–H and O–H groups in total. The summed E-state index contributed by atoms with van der Waals surface area (Å²) in [5, 5.41) is 3.68. The standard InChI is InChI=1S/C13H27N3/c1-4-15-8-10-16(11-9-15)12-6-5-7-14-13(12,2)3/h12,14H,4-11H2,1-3H3. The Morgan fingerprint density at radius 3 is 2.44 bits per heavy atom. The van der Waals surface area contributed by atoms with Crippen molar-refractivity contribution in [3.63, 3.8) is 0 Å². The van der Waals surface area contributed by atoms with E-state index in [1.807, 2.05) is 0 Å². The molecule has 3 heteroatoms. The fraction of sp³-hybridized carbons (Fsp3) is 1.00. The third-order valence-electron chi connectivity index (χ3n) is 4.36. The maximum atomic E-state index is 3.68. The number of piperidine rings is 1. The van der Waals surface area contributed by atoms with Crippen LogP contribution < -0.4 is 5.32 Å². The quantitative estimate of drug-likeness (QED) is 0.761. The van der Waals surface area contributed by atoms with Gasteiger partial charge in [-0.3, -0.25) is 4.90 Å². The Labute approximate surface area is 100 Å². The van der Waals surface area contributed by atoms with E-state index >= 15 is 0 Å². The highest BCUT2D eigenvalue weighted by molar-refractivity contribution is 4.97. The molecule has 2 rings (SSSR count). The van der Waals surface area contributed by atoms with Crippen LogP contribution in [-0.2, 0) is 0 Å². The van der Waals surface area contributed by atoms with Gasteiger partial charge in [0.1, 0.15) is 0 Å². The minimum Gasteiger partial charge on any atom is -0.310 e. The van der Waals surface area contributed by atoms with Crippen LogP contribution in [0.5, 0.6) is 0 Å². The summed E-state index contributed by atoms with van der Waals surface area (Å²) in [6.45, 7) is 14.4. The van der Waals surface area contributed by atoms with Crippen molar-refractivity contribution < 1.29 is 0 Å². The summed E-state index contributed by atoms with van der Waals surface area (Å²) >= 11 is 0. The molecule has 0 radical (unpaired) electrons. The van der Waals surface area contributed by atoms with Crippen LogP contribution >= 0.6 is 0 Å². The molecule has 1 unspecified atom stereocenters. The average molecular weight is 225 g/mol. The summed E-state index contributed by atoms with van der Waals surface area (Å²) in [7, 11) is 0. The van der Waals surface area contributed by atoms with Crippen LogP contribution in [0.25, 0.3) is 0 Å². The van der Waals surface area contributed by atoms with E-state index in [0.717, 1.165) is 6.04 Å². The lowest BCUT2D eigenvalue weighted by Gasteiger charge is -2.48. The second kappa shape index (κ2) is 5.03. The molecule has 2 aliphatic rings. The molecule has 0 amide bonds. The van der Waals surface area contributed by atoms with Gasteiger partial charge in [-0.05, 0) is 39.8 Å². The first-order valence-electron chi connectivity index (χ1n) is 6.85. The fourth-order valence-electron chi connectivity index (χ4n) is 3.21. The lowest BCUT2D eigenvalue weighted by Crippen LogP contribution is -2.63. The molecule has 94 valence electrons. The predicted molar refractivity (Wildman–Crippen MR) is 68.8 cm³/mol. The lowest BCUT2D eigenvalue weighted by atomic mass is 9.85. The van der Waals surface area contributed by atoms with E-state index in [1.54, 1.807) is 0 Å². The molecular weight excluding hydrogens is 198 g/mol. The van der Waals surface area contributed by atoms with Crippen molar-refractivity contribution in [1.82, 2.24) is 15.1 Å². The van der Waals surface area contributed by atoms with Crippen LogP contribution in [0.2, 0.25) is 0 Å². The Bertz CT molecular complexity index is 219. The van der Waals surface area contributed by atoms with Gasteiger partial charge in [-0.1, -0.05) is 6.92 Å². The average Bonchev–Trinajstić information content (AvgIpc) is 2.29. The van der Waals surface area contributed by atoms with Crippen LogP contribution in [0.3, 0.4) is 0 Å². The van der Waals surface area contributed by atoms with Crippen molar-refractivity contribution >= 4 is 0 Å². The highest BCUT2D eigenvalue weighted by Gasteiger charge is 2.36. The molecule has 0 bridgehead atoms. The van der Waals surface area contributed by atoms with Gasteiger partial charge in [-0.15, -0.1) is 0 Å². The summed E-state index contributed by atoms with van der Waals surface area (Å²) < 4.78 is 0. The van der Waals surface area contributed by atoms with Gasteiger partial charge >= 0.3 is 0 Å². The smallest absolute Gasteiger partial charge is 0.0280 e. The summed E-state index contributed by atoms with van der Waals surface area (Å²) in [6.07, 6.45) is 2.70. The number of nitrogens with zero attached hydrogens (tertiary/aromatic N) is 2. The van der Waals surface area contributed by atoms with Gasteiger partial charge in [0.2, 0.25) is 0 Å². The fourth-order valence-corrected chi connectivity index (χ4v) is 3.21. The van der Waals surface area contributed by atoms with Gasteiger partial charge in [0, 0.05) is 37.8 Å². The molecule has 0 aromatic heterocycles. The van der Waals surface area contributed by atoms with Crippen LogP contribution in [0, 0.1) is 0 Å². The van der Waals surface area contributed by atoms with Crippen LogP contribution in [-0.4, -0.2) is 60.6 Å². The maximum absolute atomic E-state index is 3.68. The Balaban J connectivity index is 1.92. The third kappa shape index (κ3) is 2.58. The minimum absolute atomic E-state index is 0.298. The number of hydrogen-bond acceptors (Lipinski definition) is 3. The van der Waals surface area contributed by atoms with E-state index in [1.165, 1.54) is 52.1 Å². The first-order valence-corrected chi connectivity index (χ1v) is 6.85. The van der Waals surface area contributed by atoms with Crippen molar-refractivity contribution in [3.05, 3.63) is 0 Å². The highest BCUT2D eigenvalue weighted by Crippen LogP contribution is 2.25. The van der Waals surface area contributed by atoms with Gasteiger partial charge < -0.3 is 10.2 Å². The second-order valence-corrected chi connectivity index (χ2v) is 5.78. The van der Waals surface area contributed by atoms with E-state index in [0.29, 0.717) is 5.54 Å². The van der Waals surface area contributed by atoms with Gasteiger partial charge in [-0.25, -0.2) is 0 Å². The molecule has 1 atom stereocenters. The van der Waals surface area contributed by atoms with Crippen LogP contribution in [0.1, 0.15) is 33.6 Å². The summed E-state index contributed by atoms with van der Waals surface area (Å²) in [4.78, 5) is 5.26. The molecule has 0 spiro atoms. The number of hydrogen-bond donors (Lipinski definition) is 1. The topological polar surface area (TPSA) is 18.5 Å². The van der Waals surface area contributed by atoms with Crippen molar-refractivity contribution in [1.29, 1.82) is 0 Å². The molecule has 0 aliphatic carbocycles. The molecule has 3 nitrogen and oxygen atoms in total. The van der Waals surface area contributed by atoms with Crippen molar-refractivity contribution in [3.8, 4) is 0 Å². The number of piperazine rings is 1. The van der Waals surface area contributed by atoms with Gasteiger partial charge in [0.15, 0.2) is 0 Å². The molecule has 2 fully saturated rings. The minimum atomic E-state index is 0.298. The van der Waals surface area contributed by atoms with E-state index < -0.39 is 0 Å². The van der Waals surface area contributed by atoms with E-state index in [4.69, 9.17) is 0 Å². The van der Waals surface area contributed by atoms with Crippen molar-refractivity contribution in [2.75, 3.05) is 39.3 Å². The molecule has 0 aromatic rings. The Kier molecular flexibility index (Phi) is 3.88. The highest BCUT2D eigenvalue weighted by atomic mass is 15.3. The van der Waals surface area contributed by atoms with Crippen molar-refractivity contribution in [2.45, 2.75) is 45.2 Å².